The molecule has 1 atom stereocenters. The monoisotopic (exact) mass is 296 g/mol. The molecule has 0 radical (unpaired) electrons. The van der Waals surface area contributed by atoms with Crippen LogP contribution in [-0.4, -0.2) is 13.1 Å². The minimum Gasteiger partial charge on any atom is -0.469 e. The molecule has 0 aliphatic carbocycles. The van der Waals surface area contributed by atoms with Crippen LogP contribution >= 0.6 is 0 Å². The Hall–Kier alpha value is -2.09. The Morgan fingerprint density at radius 2 is 1.59 bits per heavy atom. The molecule has 2 aromatic rings. The predicted molar refractivity (Wildman–Crippen MR) is 90.7 cm³/mol. The van der Waals surface area contributed by atoms with E-state index in [1.54, 1.807) is 0 Å². The summed E-state index contributed by atoms with van der Waals surface area (Å²) in [6.07, 6.45) is 0.753. The molecule has 0 saturated heterocycles. The highest BCUT2D eigenvalue weighted by atomic mass is 16.5. The molecule has 0 amide bonds. The van der Waals surface area contributed by atoms with E-state index in [1.807, 2.05) is 36.4 Å². The van der Waals surface area contributed by atoms with Crippen LogP contribution in [0.5, 0.6) is 0 Å². The van der Waals surface area contributed by atoms with Crippen molar-refractivity contribution in [1.82, 2.24) is 0 Å². The van der Waals surface area contributed by atoms with Crippen LogP contribution < -0.4 is 0 Å². The minimum atomic E-state index is -0.249. The van der Waals surface area contributed by atoms with Gasteiger partial charge in [-0.2, -0.15) is 0 Å². The lowest BCUT2D eigenvalue weighted by molar-refractivity contribution is -0.143. The Morgan fingerprint density at radius 1 is 1.00 bits per heavy atom. The third-order valence-corrected chi connectivity index (χ3v) is 3.72. The Bertz CT molecular complexity index is 624. The molecule has 0 saturated carbocycles. The smallest absolute Gasteiger partial charge is 0.313 e. The van der Waals surface area contributed by atoms with E-state index in [4.69, 9.17) is 4.74 Å². The molecule has 2 heteroatoms. The molecule has 2 aromatic carbocycles. The van der Waals surface area contributed by atoms with Gasteiger partial charge in [0.05, 0.1) is 13.0 Å². The van der Waals surface area contributed by atoms with Crippen molar-refractivity contribution in [3.05, 3.63) is 60.2 Å². The highest BCUT2D eigenvalue weighted by Crippen LogP contribution is 2.37. The first-order chi connectivity index (χ1) is 10.4. The fourth-order valence-electron chi connectivity index (χ4n) is 2.76. The first-order valence-electron chi connectivity index (χ1n) is 7.64. The number of esters is 1. The van der Waals surface area contributed by atoms with Crippen molar-refractivity contribution in [2.24, 2.45) is 5.41 Å². The Kier molecular flexibility index (Phi) is 5.02. The lowest BCUT2D eigenvalue weighted by Gasteiger charge is -2.26. The summed E-state index contributed by atoms with van der Waals surface area (Å²) in [6, 6.07) is 18.3. The number of benzene rings is 2. The fraction of sp³-hybridized carbons (Fsp3) is 0.350. The number of ether oxygens (including phenoxy) is 1. The average molecular weight is 296 g/mol. The van der Waals surface area contributed by atoms with Crippen molar-refractivity contribution < 1.29 is 9.53 Å². The fourth-order valence-corrected chi connectivity index (χ4v) is 2.76. The zero-order chi connectivity index (χ0) is 16.2. The van der Waals surface area contributed by atoms with Gasteiger partial charge in [-0.3, -0.25) is 4.79 Å². The van der Waals surface area contributed by atoms with Crippen molar-refractivity contribution in [2.75, 3.05) is 7.11 Å². The van der Waals surface area contributed by atoms with Crippen LogP contribution in [0.1, 0.15) is 38.7 Å². The van der Waals surface area contributed by atoms with Crippen LogP contribution in [0.4, 0.5) is 0 Å². The second kappa shape index (κ2) is 6.78. The second-order valence-corrected chi connectivity index (χ2v) is 6.79. The van der Waals surface area contributed by atoms with E-state index in [1.165, 1.54) is 7.11 Å². The van der Waals surface area contributed by atoms with Gasteiger partial charge >= 0.3 is 5.97 Å². The normalized spacial score (nSPS) is 12.7. The van der Waals surface area contributed by atoms with Crippen LogP contribution in [0.2, 0.25) is 0 Å². The van der Waals surface area contributed by atoms with E-state index in [-0.39, 0.29) is 17.3 Å². The zero-order valence-corrected chi connectivity index (χ0v) is 13.8. The van der Waals surface area contributed by atoms with Crippen LogP contribution in [0.3, 0.4) is 0 Å². The van der Waals surface area contributed by atoms with Gasteiger partial charge in [0.25, 0.3) is 0 Å². The molecule has 0 fully saturated rings. The number of carbonyl (C=O) groups is 1. The summed E-state index contributed by atoms with van der Waals surface area (Å²) in [4.78, 5) is 12.4. The quantitative estimate of drug-likeness (QED) is 0.738. The van der Waals surface area contributed by atoms with Gasteiger partial charge in [0, 0.05) is 0 Å². The average Bonchev–Trinajstić information content (AvgIpc) is 2.52. The Labute approximate surface area is 133 Å². The standard InChI is InChI=1S/C20H24O2/c1-20(2,3)14-18(19(21)22-4)17-13-9-8-12-16(17)15-10-6-5-7-11-15/h5-13,18H,14H2,1-4H3. The van der Waals surface area contributed by atoms with Crippen molar-refractivity contribution >= 4 is 5.97 Å². The van der Waals surface area contributed by atoms with Gasteiger partial charge in [0.2, 0.25) is 0 Å². The molecule has 116 valence electrons. The largest absolute Gasteiger partial charge is 0.469 e. The maximum absolute atomic E-state index is 12.4. The molecule has 0 aliphatic rings. The molecular formula is C20H24O2. The zero-order valence-electron chi connectivity index (χ0n) is 13.8. The second-order valence-electron chi connectivity index (χ2n) is 6.79. The molecule has 0 bridgehead atoms. The Balaban J connectivity index is 2.50. The van der Waals surface area contributed by atoms with E-state index in [2.05, 4.69) is 39.0 Å². The van der Waals surface area contributed by atoms with Crippen LogP contribution in [0, 0.1) is 5.41 Å². The van der Waals surface area contributed by atoms with Crippen molar-refractivity contribution in [3.63, 3.8) is 0 Å². The first-order valence-corrected chi connectivity index (χ1v) is 7.64. The predicted octanol–water partition coefficient (Wildman–Crippen LogP) is 5.05. The van der Waals surface area contributed by atoms with Crippen LogP contribution in [0.25, 0.3) is 11.1 Å². The van der Waals surface area contributed by atoms with Crippen molar-refractivity contribution in [1.29, 1.82) is 0 Å². The summed E-state index contributed by atoms with van der Waals surface area (Å²) in [7, 11) is 1.46. The molecule has 0 heterocycles. The van der Waals surface area contributed by atoms with Crippen LogP contribution in [-0.2, 0) is 9.53 Å². The SMILES string of the molecule is COC(=O)C(CC(C)(C)C)c1ccccc1-c1ccccc1. The highest BCUT2D eigenvalue weighted by molar-refractivity contribution is 5.82. The lowest BCUT2D eigenvalue weighted by Crippen LogP contribution is -2.21. The van der Waals surface area contributed by atoms with Gasteiger partial charge in [-0.05, 0) is 28.5 Å². The Morgan fingerprint density at radius 3 is 2.18 bits per heavy atom. The first kappa shape index (κ1) is 16.3. The molecular weight excluding hydrogens is 272 g/mol. The van der Waals surface area contributed by atoms with E-state index in [0.717, 1.165) is 23.1 Å². The molecule has 0 spiro atoms. The highest BCUT2D eigenvalue weighted by Gasteiger charge is 2.29. The van der Waals surface area contributed by atoms with E-state index in [0.29, 0.717) is 0 Å². The van der Waals surface area contributed by atoms with Gasteiger partial charge in [-0.15, -0.1) is 0 Å². The molecule has 2 rings (SSSR count). The number of rotatable bonds is 4. The minimum absolute atomic E-state index is 0.0443. The van der Waals surface area contributed by atoms with Crippen molar-refractivity contribution in [3.8, 4) is 11.1 Å². The maximum atomic E-state index is 12.4. The summed E-state index contributed by atoms with van der Waals surface area (Å²) in [5.74, 6) is -0.417. The number of hydrogen-bond acceptors (Lipinski definition) is 2. The van der Waals surface area contributed by atoms with E-state index in [9.17, 15) is 4.79 Å². The number of methoxy groups -OCH3 is 1. The van der Waals surface area contributed by atoms with E-state index >= 15 is 0 Å². The molecule has 0 N–H and O–H groups in total. The third kappa shape index (κ3) is 3.97. The molecule has 1 unspecified atom stereocenters. The summed E-state index contributed by atoms with van der Waals surface area (Å²) in [6.45, 7) is 6.44. The lowest BCUT2D eigenvalue weighted by atomic mass is 9.79. The molecule has 0 aromatic heterocycles. The van der Waals surface area contributed by atoms with Gasteiger partial charge < -0.3 is 4.74 Å². The van der Waals surface area contributed by atoms with Gasteiger partial charge in [-0.1, -0.05) is 75.4 Å². The van der Waals surface area contributed by atoms with Gasteiger partial charge in [0.1, 0.15) is 0 Å². The number of hydrogen-bond donors (Lipinski definition) is 0. The van der Waals surface area contributed by atoms with Gasteiger partial charge in [-0.25, -0.2) is 0 Å². The molecule has 2 nitrogen and oxygen atoms in total. The maximum Gasteiger partial charge on any atom is 0.313 e. The summed E-state index contributed by atoms with van der Waals surface area (Å²) in [5, 5.41) is 0. The number of carbonyl (C=O) groups excluding carboxylic acids is 1. The molecule has 22 heavy (non-hydrogen) atoms. The third-order valence-electron chi connectivity index (χ3n) is 3.72. The topological polar surface area (TPSA) is 26.3 Å². The van der Waals surface area contributed by atoms with Crippen LogP contribution in [0.15, 0.2) is 54.6 Å². The van der Waals surface area contributed by atoms with Gasteiger partial charge in [0.15, 0.2) is 0 Å². The molecule has 0 aliphatic heterocycles. The summed E-state index contributed by atoms with van der Waals surface area (Å²) in [5.41, 5.74) is 3.31. The summed E-state index contributed by atoms with van der Waals surface area (Å²) >= 11 is 0. The summed E-state index contributed by atoms with van der Waals surface area (Å²) < 4.78 is 5.06. The van der Waals surface area contributed by atoms with E-state index < -0.39 is 0 Å². The van der Waals surface area contributed by atoms with Crippen molar-refractivity contribution in [2.45, 2.75) is 33.1 Å².